The Balaban J connectivity index is 1.68. The molecule has 0 aromatic carbocycles. The Hall–Kier alpha value is -2.17. The number of carbonyl (C=O) groups is 1. The molecule has 0 unspecified atom stereocenters. The summed E-state index contributed by atoms with van der Waals surface area (Å²) in [6, 6.07) is 5.63. The van der Waals surface area contributed by atoms with E-state index in [1.54, 1.807) is 12.4 Å². The lowest BCUT2D eigenvalue weighted by atomic mass is 10.1. The van der Waals surface area contributed by atoms with E-state index in [0.29, 0.717) is 12.3 Å². The van der Waals surface area contributed by atoms with Crippen LogP contribution in [0.15, 0.2) is 36.8 Å². The summed E-state index contributed by atoms with van der Waals surface area (Å²) < 4.78 is 1.98. The topological polar surface area (TPSA) is 59.8 Å². The van der Waals surface area contributed by atoms with Crippen LogP contribution < -0.4 is 5.32 Å². The molecular formula is C15H18N4O. The van der Waals surface area contributed by atoms with Crippen molar-refractivity contribution in [3.8, 4) is 0 Å². The number of carbonyl (C=O) groups excluding carboxylic acids is 1. The summed E-state index contributed by atoms with van der Waals surface area (Å²) in [6.07, 6.45) is 8.02. The maximum atomic E-state index is 12.2. The standard InChI is InChI=1S/C15H18N4O/c1-19-9-8-17-15(19)14(11-5-6-11)18-13(20)10-12-4-2-3-7-16-12/h2-4,7-9,11,14H,5-6,10H2,1H3,(H,18,20)/t14-/m1/s1. The van der Waals surface area contributed by atoms with Crippen molar-refractivity contribution in [3.63, 3.8) is 0 Å². The molecule has 1 aliphatic rings. The van der Waals surface area contributed by atoms with Crippen LogP contribution in [-0.2, 0) is 18.3 Å². The number of amides is 1. The molecule has 1 amide bonds. The number of rotatable bonds is 5. The minimum Gasteiger partial charge on any atom is -0.346 e. The van der Waals surface area contributed by atoms with Crippen molar-refractivity contribution < 1.29 is 4.79 Å². The Morgan fingerprint density at radius 2 is 2.25 bits per heavy atom. The van der Waals surface area contributed by atoms with Gasteiger partial charge in [-0.15, -0.1) is 0 Å². The molecule has 0 aliphatic heterocycles. The fourth-order valence-corrected chi connectivity index (χ4v) is 2.39. The Bertz CT molecular complexity index is 589. The van der Waals surface area contributed by atoms with Crippen molar-refractivity contribution in [1.82, 2.24) is 19.9 Å². The fraction of sp³-hybridized carbons (Fsp3) is 0.400. The zero-order valence-corrected chi connectivity index (χ0v) is 11.5. The number of aromatic nitrogens is 3. The van der Waals surface area contributed by atoms with Crippen molar-refractivity contribution in [2.24, 2.45) is 13.0 Å². The normalized spacial score (nSPS) is 15.8. The summed E-state index contributed by atoms with van der Waals surface area (Å²) in [5.74, 6) is 1.45. The predicted octanol–water partition coefficient (Wildman–Crippen LogP) is 1.63. The molecule has 2 heterocycles. The van der Waals surface area contributed by atoms with Gasteiger partial charge < -0.3 is 9.88 Å². The Morgan fingerprint density at radius 3 is 2.85 bits per heavy atom. The van der Waals surface area contributed by atoms with Gasteiger partial charge in [-0.05, 0) is 30.9 Å². The lowest BCUT2D eigenvalue weighted by molar-refractivity contribution is -0.121. The van der Waals surface area contributed by atoms with Gasteiger partial charge in [-0.1, -0.05) is 6.07 Å². The largest absolute Gasteiger partial charge is 0.346 e. The summed E-state index contributed by atoms with van der Waals surface area (Å²) in [6.45, 7) is 0. The van der Waals surface area contributed by atoms with Crippen LogP contribution in [0.2, 0.25) is 0 Å². The highest BCUT2D eigenvalue weighted by Crippen LogP contribution is 2.40. The third-order valence-corrected chi connectivity index (χ3v) is 3.61. The molecule has 20 heavy (non-hydrogen) atoms. The highest BCUT2D eigenvalue weighted by molar-refractivity contribution is 5.78. The van der Waals surface area contributed by atoms with Crippen molar-refractivity contribution in [2.75, 3.05) is 0 Å². The van der Waals surface area contributed by atoms with E-state index >= 15 is 0 Å². The van der Waals surface area contributed by atoms with E-state index in [1.807, 2.05) is 36.0 Å². The van der Waals surface area contributed by atoms with Gasteiger partial charge in [0.2, 0.25) is 5.91 Å². The van der Waals surface area contributed by atoms with Crippen LogP contribution in [0.1, 0.15) is 30.4 Å². The van der Waals surface area contributed by atoms with E-state index in [4.69, 9.17) is 0 Å². The van der Waals surface area contributed by atoms with Gasteiger partial charge >= 0.3 is 0 Å². The van der Waals surface area contributed by atoms with Crippen LogP contribution in [0, 0.1) is 5.92 Å². The van der Waals surface area contributed by atoms with Crippen LogP contribution in [0.25, 0.3) is 0 Å². The zero-order chi connectivity index (χ0) is 13.9. The maximum absolute atomic E-state index is 12.2. The SMILES string of the molecule is Cn1ccnc1[C@H](NC(=O)Cc1ccccn1)C1CC1. The number of hydrogen-bond acceptors (Lipinski definition) is 3. The first kappa shape index (κ1) is 12.8. The average Bonchev–Trinajstić information content (AvgIpc) is 3.20. The molecule has 1 atom stereocenters. The minimum absolute atomic E-state index is 0.00333. The van der Waals surface area contributed by atoms with Crippen LogP contribution in [0.4, 0.5) is 0 Å². The van der Waals surface area contributed by atoms with E-state index < -0.39 is 0 Å². The summed E-state index contributed by atoms with van der Waals surface area (Å²) in [4.78, 5) is 20.7. The van der Waals surface area contributed by atoms with Crippen LogP contribution >= 0.6 is 0 Å². The molecule has 1 aliphatic carbocycles. The Morgan fingerprint density at radius 1 is 1.40 bits per heavy atom. The second-order valence-corrected chi connectivity index (χ2v) is 5.28. The van der Waals surface area contributed by atoms with Gasteiger partial charge in [-0.25, -0.2) is 4.98 Å². The average molecular weight is 270 g/mol. The minimum atomic E-state index is 0.00333. The van der Waals surface area contributed by atoms with E-state index in [0.717, 1.165) is 24.4 Å². The first-order valence-electron chi connectivity index (χ1n) is 6.90. The molecule has 2 aromatic heterocycles. The highest BCUT2D eigenvalue weighted by Gasteiger charge is 2.35. The smallest absolute Gasteiger partial charge is 0.226 e. The number of imidazole rings is 1. The summed E-state index contributed by atoms with van der Waals surface area (Å²) in [5.41, 5.74) is 0.791. The second kappa shape index (κ2) is 5.45. The molecule has 5 nitrogen and oxygen atoms in total. The monoisotopic (exact) mass is 270 g/mol. The number of nitrogens with one attached hydrogen (secondary N) is 1. The number of hydrogen-bond donors (Lipinski definition) is 1. The molecule has 3 rings (SSSR count). The second-order valence-electron chi connectivity index (χ2n) is 5.28. The van der Waals surface area contributed by atoms with Gasteiger partial charge in [0.1, 0.15) is 5.82 Å². The fourth-order valence-electron chi connectivity index (χ4n) is 2.39. The van der Waals surface area contributed by atoms with Crippen molar-refractivity contribution in [3.05, 3.63) is 48.3 Å². The molecule has 0 bridgehead atoms. The van der Waals surface area contributed by atoms with E-state index in [9.17, 15) is 4.79 Å². The molecule has 2 aromatic rings. The van der Waals surface area contributed by atoms with E-state index in [2.05, 4.69) is 15.3 Å². The molecule has 0 radical (unpaired) electrons. The van der Waals surface area contributed by atoms with Crippen molar-refractivity contribution in [2.45, 2.75) is 25.3 Å². The summed E-state index contributed by atoms with van der Waals surface area (Å²) in [5, 5.41) is 3.11. The molecule has 5 heteroatoms. The molecule has 1 saturated carbocycles. The molecule has 0 spiro atoms. The first-order valence-corrected chi connectivity index (χ1v) is 6.90. The van der Waals surface area contributed by atoms with Gasteiger partial charge in [-0.3, -0.25) is 9.78 Å². The lowest BCUT2D eigenvalue weighted by Gasteiger charge is -2.18. The van der Waals surface area contributed by atoms with Crippen LogP contribution in [-0.4, -0.2) is 20.4 Å². The maximum Gasteiger partial charge on any atom is 0.226 e. The Kier molecular flexibility index (Phi) is 3.50. The third kappa shape index (κ3) is 2.87. The van der Waals surface area contributed by atoms with Crippen LogP contribution in [0.3, 0.4) is 0 Å². The third-order valence-electron chi connectivity index (χ3n) is 3.61. The van der Waals surface area contributed by atoms with Gasteiger partial charge in [0.15, 0.2) is 0 Å². The van der Waals surface area contributed by atoms with E-state index in [1.165, 1.54) is 0 Å². The molecule has 0 saturated heterocycles. The summed E-state index contributed by atoms with van der Waals surface area (Å²) >= 11 is 0. The van der Waals surface area contributed by atoms with Crippen LogP contribution in [0.5, 0.6) is 0 Å². The van der Waals surface area contributed by atoms with Gasteiger partial charge in [-0.2, -0.15) is 0 Å². The molecule has 1 fully saturated rings. The zero-order valence-electron chi connectivity index (χ0n) is 11.5. The number of pyridine rings is 1. The highest BCUT2D eigenvalue weighted by atomic mass is 16.1. The summed E-state index contributed by atoms with van der Waals surface area (Å²) in [7, 11) is 1.96. The molecule has 1 N–H and O–H groups in total. The lowest BCUT2D eigenvalue weighted by Crippen LogP contribution is -2.32. The van der Waals surface area contributed by atoms with Crippen molar-refractivity contribution >= 4 is 5.91 Å². The van der Waals surface area contributed by atoms with Gasteiger partial charge in [0.05, 0.1) is 12.5 Å². The quantitative estimate of drug-likeness (QED) is 0.898. The van der Waals surface area contributed by atoms with Crippen molar-refractivity contribution in [1.29, 1.82) is 0 Å². The molecular weight excluding hydrogens is 252 g/mol. The Labute approximate surface area is 118 Å². The number of aryl methyl sites for hydroxylation is 1. The van der Waals surface area contributed by atoms with E-state index in [-0.39, 0.29) is 11.9 Å². The predicted molar refractivity (Wildman–Crippen MR) is 74.8 cm³/mol. The first-order chi connectivity index (χ1) is 9.74. The number of nitrogens with zero attached hydrogens (tertiary/aromatic N) is 3. The molecule has 104 valence electrons. The van der Waals surface area contributed by atoms with Gasteiger partial charge in [0, 0.05) is 31.3 Å². The van der Waals surface area contributed by atoms with Gasteiger partial charge in [0.25, 0.3) is 0 Å².